The molecule has 0 aliphatic heterocycles. The maximum atomic E-state index is 12.5. The number of benzene rings is 1. The monoisotopic (exact) mass is 364 g/mol. The largest absolute Gasteiger partial charge is 0.506 e. The molecule has 1 amide bonds. The predicted octanol–water partition coefficient (Wildman–Crippen LogP) is 2.10. The van der Waals surface area contributed by atoms with Crippen molar-refractivity contribution in [1.29, 1.82) is 5.26 Å². The van der Waals surface area contributed by atoms with E-state index >= 15 is 0 Å². The van der Waals surface area contributed by atoms with Crippen molar-refractivity contribution in [2.45, 2.75) is 19.9 Å². The fraction of sp³-hybridized carbons (Fsp3) is 0.158. The summed E-state index contributed by atoms with van der Waals surface area (Å²) in [7, 11) is 0. The van der Waals surface area contributed by atoms with Gasteiger partial charge in [0.15, 0.2) is 0 Å². The molecule has 0 saturated heterocycles. The Labute approximate surface area is 154 Å². The number of rotatable bonds is 5. The van der Waals surface area contributed by atoms with E-state index in [4.69, 9.17) is 5.26 Å². The van der Waals surface area contributed by atoms with Gasteiger partial charge in [-0.1, -0.05) is 13.0 Å². The Morgan fingerprint density at radius 3 is 2.70 bits per heavy atom. The molecule has 136 valence electrons. The van der Waals surface area contributed by atoms with Crippen LogP contribution in [0.25, 0.3) is 5.65 Å². The molecular formula is C19H16N4O4. The van der Waals surface area contributed by atoms with E-state index in [9.17, 15) is 19.8 Å². The molecule has 0 aliphatic carbocycles. The molecule has 0 bridgehead atoms. The summed E-state index contributed by atoms with van der Waals surface area (Å²) < 4.78 is 1.20. The van der Waals surface area contributed by atoms with Crippen molar-refractivity contribution in [3.05, 3.63) is 64.6 Å². The highest BCUT2D eigenvalue weighted by Gasteiger charge is 2.17. The summed E-state index contributed by atoms with van der Waals surface area (Å²) >= 11 is 0. The van der Waals surface area contributed by atoms with Crippen LogP contribution in [0, 0.1) is 11.3 Å². The maximum absolute atomic E-state index is 12.5. The van der Waals surface area contributed by atoms with Crippen LogP contribution in [0.15, 0.2) is 36.5 Å². The van der Waals surface area contributed by atoms with Crippen LogP contribution >= 0.6 is 0 Å². The van der Waals surface area contributed by atoms with Gasteiger partial charge in [0.2, 0.25) is 0 Å². The molecule has 0 radical (unpaired) electrons. The van der Waals surface area contributed by atoms with E-state index in [1.807, 2.05) is 6.92 Å². The molecule has 1 aromatic carbocycles. The Balaban J connectivity index is 1.87. The zero-order chi connectivity index (χ0) is 19.6. The molecule has 2 heterocycles. The van der Waals surface area contributed by atoms with Gasteiger partial charge in [0.1, 0.15) is 22.8 Å². The van der Waals surface area contributed by atoms with E-state index < -0.39 is 11.9 Å². The van der Waals surface area contributed by atoms with E-state index in [0.29, 0.717) is 12.0 Å². The lowest BCUT2D eigenvalue weighted by molar-refractivity contribution is 0.0688. The summed E-state index contributed by atoms with van der Waals surface area (Å²) in [5.74, 6) is -1.92. The zero-order valence-corrected chi connectivity index (χ0v) is 14.4. The van der Waals surface area contributed by atoms with Gasteiger partial charge < -0.3 is 15.5 Å². The number of carbonyl (C=O) groups is 2. The third-order valence-corrected chi connectivity index (χ3v) is 4.16. The van der Waals surface area contributed by atoms with Gasteiger partial charge in [-0.3, -0.25) is 9.20 Å². The summed E-state index contributed by atoms with van der Waals surface area (Å²) in [5.41, 5.74) is 2.27. The van der Waals surface area contributed by atoms with E-state index in [-0.39, 0.29) is 29.3 Å². The van der Waals surface area contributed by atoms with Crippen molar-refractivity contribution in [3.63, 3.8) is 0 Å². The number of hydrogen-bond donors (Lipinski definition) is 3. The number of hydrogen-bond acceptors (Lipinski definition) is 5. The quantitative estimate of drug-likeness (QED) is 0.636. The first-order valence-corrected chi connectivity index (χ1v) is 8.18. The summed E-state index contributed by atoms with van der Waals surface area (Å²) in [6.45, 7) is 2.17. The Hall–Kier alpha value is -3.86. The molecule has 27 heavy (non-hydrogen) atoms. The number of aromatic hydroxyl groups is 1. The molecule has 3 N–H and O–H groups in total. The van der Waals surface area contributed by atoms with E-state index in [1.54, 1.807) is 18.2 Å². The molecule has 3 aromatic rings. The van der Waals surface area contributed by atoms with Crippen LogP contribution in [0.1, 0.15) is 44.6 Å². The second-order valence-corrected chi connectivity index (χ2v) is 5.89. The third-order valence-electron chi connectivity index (χ3n) is 4.16. The molecule has 0 spiro atoms. The first kappa shape index (κ1) is 17.9. The molecule has 0 aliphatic rings. The van der Waals surface area contributed by atoms with Crippen molar-refractivity contribution >= 4 is 17.5 Å². The van der Waals surface area contributed by atoms with Gasteiger partial charge in [0.05, 0.1) is 17.8 Å². The highest BCUT2D eigenvalue weighted by atomic mass is 16.4. The zero-order valence-electron chi connectivity index (χ0n) is 14.4. The lowest BCUT2D eigenvalue weighted by Gasteiger charge is -2.10. The van der Waals surface area contributed by atoms with Crippen LogP contribution in [-0.4, -0.2) is 31.5 Å². The third kappa shape index (κ3) is 3.57. The number of fused-ring (bicyclic) bond motifs is 1. The number of amides is 1. The fourth-order valence-electron chi connectivity index (χ4n) is 2.82. The lowest BCUT2D eigenvalue weighted by Crippen LogP contribution is -2.25. The summed E-state index contributed by atoms with van der Waals surface area (Å²) in [5, 5.41) is 30.6. The van der Waals surface area contributed by atoms with Gasteiger partial charge in [-0.05, 0) is 29.7 Å². The van der Waals surface area contributed by atoms with E-state index in [0.717, 1.165) is 17.2 Å². The molecule has 8 heteroatoms. The van der Waals surface area contributed by atoms with Crippen molar-refractivity contribution in [3.8, 4) is 11.8 Å². The van der Waals surface area contributed by atoms with Gasteiger partial charge in [-0.15, -0.1) is 0 Å². The predicted molar refractivity (Wildman–Crippen MR) is 95.5 cm³/mol. The van der Waals surface area contributed by atoms with E-state index in [1.165, 1.54) is 16.7 Å². The van der Waals surface area contributed by atoms with Gasteiger partial charge in [-0.2, -0.15) is 5.26 Å². The minimum absolute atomic E-state index is 0.0651. The van der Waals surface area contributed by atoms with Crippen molar-refractivity contribution in [2.24, 2.45) is 0 Å². The Bertz CT molecular complexity index is 1100. The SMILES string of the molecule is CCc1cc(C#N)ccc1CNC(=O)c1cc(C(=O)O)n2cc(O)cc2n1. The number of carboxylic acids is 1. The maximum Gasteiger partial charge on any atom is 0.352 e. The van der Waals surface area contributed by atoms with Gasteiger partial charge >= 0.3 is 5.97 Å². The van der Waals surface area contributed by atoms with Crippen LogP contribution in [0.3, 0.4) is 0 Å². The second-order valence-electron chi connectivity index (χ2n) is 5.89. The highest BCUT2D eigenvalue weighted by Crippen LogP contribution is 2.18. The Morgan fingerprint density at radius 1 is 1.26 bits per heavy atom. The molecule has 8 nitrogen and oxygen atoms in total. The first-order chi connectivity index (χ1) is 12.9. The average molecular weight is 364 g/mol. The lowest BCUT2D eigenvalue weighted by atomic mass is 10.0. The number of nitrogens with zero attached hydrogens (tertiary/aromatic N) is 3. The fourth-order valence-corrected chi connectivity index (χ4v) is 2.82. The normalized spacial score (nSPS) is 10.5. The summed E-state index contributed by atoms with van der Waals surface area (Å²) in [6.07, 6.45) is 1.93. The molecular weight excluding hydrogens is 348 g/mol. The second kappa shape index (κ2) is 7.17. The summed E-state index contributed by atoms with van der Waals surface area (Å²) in [4.78, 5) is 28.0. The number of nitrogens with one attached hydrogen (secondary N) is 1. The topological polar surface area (TPSA) is 128 Å². The van der Waals surface area contributed by atoms with Gasteiger partial charge in [0.25, 0.3) is 5.91 Å². The van der Waals surface area contributed by atoms with Crippen LogP contribution in [0.4, 0.5) is 0 Å². The Kier molecular flexibility index (Phi) is 4.77. The number of aromatic nitrogens is 2. The smallest absolute Gasteiger partial charge is 0.352 e. The number of aryl methyl sites for hydroxylation is 1. The van der Waals surface area contributed by atoms with Crippen molar-refractivity contribution in [2.75, 3.05) is 0 Å². The molecule has 0 saturated carbocycles. The van der Waals surface area contributed by atoms with Gasteiger partial charge in [-0.25, -0.2) is 9.78 Å². The molecule has 2 aromatic heterocycles. The molecule has 0 fully saturated rings. The van der Waals surface area contributed by atoms with Crippen LogP contribution in [-0.2, 0) is 13.0 Å². The number of aromatic carboxylic acids is 1. The van der Waals surface area contributed by atoms with Crippen LogP contribution in [0.2, 0.25) is 0 Å². The van der Waals surface area contributed by atoms with Crippen molar-refractivity contribution in [1.82, 2.24) is 14.7 Å². The van der Waals surface area contributed by atoms with E-state index in [2.05, 4.69) is 16.4 Å². The standard InChI is InChI=1S/C19H16N4O4/c1-2-12-5-11(8-20)3-4-13(12)9-21-18(25)15-7-16(19(26)27)23-10-14(24)6-17(23)22-15/h3-7,10,24H,2,9H2,1H3,(H,21,25)(H,26,27). The minimum atomic E-state index is -1.24. The van der Waals surface area contributed by atoms with Crippen LogP contribution in [0.5, 0.6) is 5.75 Å². The summed E-state index contributed by atoms with van der Waals surface area (Å²) in [6, 6.07) is 9.75. The first-order valence-electron chi connectivity index (χ1n) is 8.18. The van der Waals surface area contributed by atoms with Gasteiger partial charge in [0, 0.05) is 18.7 Å². The van der Waals surface area contributed by atoms with Crippen molar-refractivity contribution < 1.29 is 19.8 Å². The number of carbonyl (C=O) groups excluding carboxylic acids is 1. The molecule has 0 atom stereocenters. The minimum Gasteiger partial charge on any atom is -0.506 e. The number of carboxylic acid groups (broad SMARTS) is 1. The Morgan fingerprint density at radius 2 is 2.04 bits per heavy atom. The van der Waals surface area contributed by atoms with Crippen LogP contribution < -0.4 is 5.32 Å². The molecule has 0 unspecified atom stereocenters. The molecule has 3 rings (SSSR count). The highest BCUT2D eigenvalue weighted by molar-refractivity contribution is 5.96. The number of nitriles is 1. The average Bonchev–Trinajstić information content (AvgIpc) is 3.04.